The molecule has 160 valence electrons. The molecule has 0 amide bonds. The maximum Gasteiger partial charge on any atom is 0.339 e. The summed E-state index contributed by atoms with van der Waals surface area (Å²) in [5.74, 6) is -0.545. The van der Waals surface area contributed by atoms with E-state index < -0.39 is 5.97 Å². The Bertz CT molecular complexity index is 1140. The number of benzene rings is 1. The molecule has 3 aliphatic rings. The number of rotatable bonds is 2. The Morgan fingerprint density at radius 2 is 2.19 bits per heavy atom. The van der Waals surface area contributed by atoms with Crippen molar-refractivity contribution in [3.63, 3.8) is 0 Å². The average molecular weight is 440 g/mol. The molecule has 0 N–H and O–H groups in total. The van der Waals surface area contributed by atoms with Crippen LogP contribution < -0.4 is 4.74 Å². The summed E-state index contributed by atoms with van der Waals surface area (Å²) < 4.78 is 17.1. The molecule has 1 aromatic carbocycles. The van der Waals surface area contributed by atoms with Gasteiger partial charge in [-0.25, -0.2) is 9.59 Å². The third-order valence-corrected chi connectivity index (χ3v) is 6.81. The molecule has 0 bridgehead atoms. The van der Waals surface area contributed by atoms with Crippen LogP contribution in [0.1, 0.15) is 32.6 Å². The summed E-state index contributed by atoms with van der Waals surface area (Å²) in [5, 5.41) is 1.27. The molecule has 3 heterocycles. The highest BCUT2D eigenvalue weighted by Crippen LogP contribution is 2.49. The van der Waals surface area contributed by atoms with Crippen LogP contribution in [-0.4, -0.2) is 34.7 Å². The SMILES string of the molecule is C=C1C(=O)O[C@H]2[C@H]1CC/C(C(=O)Oc1ccc3nccc(Cl)c3c1)=C\CC[C@@]1(C)O[C@@H]21. The third-order valence-electron chi connectivity index (χ3n) is 6.48. The van der Waals surface area contributed by atoms with Crippen LogP contribution in [-0.2, 0) is 19.1 Å². The maximum absolute atomic E-state index is 13.0. The predicted octanol–water partition coefficient (Wildman–Crippen LogP) is 4.55. The van der Waals surface area contributed by atoms with Gasteiger partial charge in [0.2, 0.25) is 0 Å². The van der Waals surface area contributed by atoms with E-state index in [1.54, 1.807) is 30.5 Å². The quantitative estimate of drug-likeness (QED) is 0.295. The number of nitrogens with zero attached hydrogens (tertiary/aromatic N) is 1. The summed E-state index contributed by atoms with van der Waals surface area (Å²) in [7, 11) is 0. The molecule has 0 radical (unpaired) electrons. The van der Waals surface area contributed by atoms with Gasteiger partial charge in [-0.1, -0.05) is 24.3 Å². The van der Waals surface area contributed by atoms with E-state index in [0.717, 1.165) is 17.3 Å². The Hall–Kier alpha value is -2.70. The minimum atomic E-state index is -0.411. The van der Waals surface area contributed by atoms with Crippen LogP contribution in [0.5, 0.6) is 5.75 Å². The standard InChI is InChI=1S/C24H22ClNO5/c1-13-16-7-5-14(4-3-10-24(2)21(31-24)20(16)30-22(13)27)23(28)29-15-6-8-19-17(12-15)18(25)9-11-26-19/h4,6,8-9,11-12,16,20-21H,1,3,5,7,10H2,2H3/b14-4+/t16-,20-,21-,24+/m0/s1. The van der Waals surface area contributed by atoms with Crippen LogP contribution in [0.2, 0.25) is 5.02 Å². The number of carbonyl (C=O) groups excluding carboxylic acids is 2. The number of allylic oxidation sites excluding steroid dienone is 1. The molecule has 2 fully saturated rings. The number of hydrogen-bond acceptors (Lipinski definition) is 6. The van der Waals surface area contributed by atoms with E-state index >= 15 is 0 Å². The van der Waals surface area contributed by atoms with Crippen molar-refractivity contribution >= 4 is 34.4 Å². The maximum atomic E-state index is 13.0. The molecule has 0 unspecified atom stereocenters. The zero-order chi connectivity index (χ0) is 21.8. The second-order valence-corrected chi connectivity index (χ2v) is 8.93. The number of halogens is 1. The van der Waals surface area contributed by atoms with Crippen molar-refractivity contribution in [2.45, 2.75) is 50.4 Å². The Morgan fingerprint density at radius 3 is 3.03 bits per heavy atom. The normalized spacial score (nSPS) is 31.8. The summed E-state index contributed by atoms with van der Waals surface area (Å²) in [4.78, 5) is 29.3. The molecule has 1 aliphatic carbocycles. The lowest BCUT2D eigenvalue weighted by molar-refractivity contribution is -0.140. The average Bonchev–Trinajstić information content (AvgIpc) is 3.33. The lowest BCUT2D eigenvalue weighted by Crippen LogP contribution is -2.29. The fraction of sp³-hybridized carbons (Fsp3) is 0.375. The Balaban J connectivity index is 1.37. The van der Waals surface area contributed by atoms with Crippen molar-refractivity contribution in [1.29, 1.82) is 0 Å². The molecule has 2 aliphatic heterocycles. The molecule has 2 saturated heterocycles. The molecule has 1 aromatic heterocycles. The number of carbonyl (C=O) groups is 2. The van der Waals surface area contributed by atoms with Crippen LogP contribution in [0, 0.1) is 5.92 Å². The van der Waals surface area contributed by atoms with Gasteiger partial charge in [0.15, 0.2) is 0 Å². The molecule has 2 aromatic rings. The van der Waals surface area contributed by atoms with E-state index in [9.17, 15) is 9.59 Å². The molecule has 0 saturated carbocycles. The van der Waals surface area contributed by atoms with Gasteiger partial charge in [-0.05, 0) is 56.9 Å². The van der Waals surface area contributed by atoms with Crippen LogP contribution >= 0.6 is 11.6 Å². The van der Waals surface area contributed by atoms with Gasteiger partial charge in [-0.3, -0.25) is 4.98 Å². The number of ether oxygens (including phenoxy) is 3. The molecule has 5 rings (SSSR count). The van der Waals surface area contributed by atoms with Crippen molar-refractivity contribution < 1.29 is 23.8 Å². The van der Waals surface area contributed by atoms with Gasteiger partial charge in [0.05, 0.1) is 16.1 Å². The van der Waals surface area contributed by atoms with E-state index in [4.69, 9.17) is 25.8 Å². The number of pyridine rings is 1. The molecular weight excluding hydrogens is 418 g/mol. The van der Waals surface area contributed by atoms with E-state index in [-0.39, 0.29) is 29.7 Å². The van der Waals surface area contributed by atoms with Crippen LogP contribution in [0.3, 0.4) is 0 Å². The lowest BCUT2D eigenvalue weighted by atomic mass is 9.84. The first-order valence-corrected chi connectivity index (χ1v) is 10.8. The highest BCUT2D eigenvalue weighted by Gasteiger charge is 2.61. The van der Waals surface area contributed by atoms with E-state index in [1.807, 2.05) is 13.0 Å². The van der Waals surface area contributed by atoms with Gasteiger partial charge < -0.3 is 14.2 Å². The molecule has 4 atom stereocenters. The second-order valence-electron chi connectivity index (χ2n) is 8.52. The van der Waals surface area contributed by atoms with Crippen molar-refractivity contribution in [3.8, 4) is 5.75 Å². The van der Waals surface area contributed by atoms with Crippen LogP contribution in [0.25, 0.3) is 10.9 Å². The number of fused-ring (bicyclic) bond motifs is 4. The van der Waals surface area contributed by atoms with Gasteiger partial charge in [0.25, 0.3) is 0 Å². The highest BCUT2D eigenvalue weighted by molar-refractivity contribution is 6.35. The van der Waals surface area contributed by atoms with E-state index in [1.165, 1.54) is 0 Å². The summed E-state index contributed by atoms with van der Waals surface area (Å²) in [6.45, 7) is 5.93. The smallest absolute Gasteiger partial charge is 0.339 e. The fourth-order valence-corrected chi connectivity index (χ4v) is 4.78. The van der Waals surface area contributed by atoms with Gasteiger partial charge in [-0.2, -0.15) is 0 Å². The molecular formula is C24H22ClNO5. The van der Waals surface area contributed by atoms with Gasteiger partial charge in [0.1, 0.15) is 18.0 Å². The first kappa shape index (κ1) is 20.2. The lowest BCUT2D eigenvalue weighted by Gasteiger charge is -2.19. The topological polar surface area (TPSA) is 78.0 Å². The van der Waals surface area contributed by atoms with Crippen LogP contribution in [0.15, 0.2) is 54.3 Å². The number of esters is 2. The number of hydrogen-bond donors (Lipinski definition) is 0. The molecule has 7 heteroatoms. The first-order chi connectivity index (χ1) is 14.9. The monoisotopic (exact) mass is 439 g/mol. The molecule has 31 heavy (non-hydrogen) atoms. The fourth-order valence-electron chi connectivity index (χ4n) is 4.57. The molecule has 0 spiro atoms. The zero-order valence-electron chi connectivity index (χ0n) is 17.1. The second kappa shape index (κ2) is 7.46. The van der Waals surface area contributed by atoms with Crippen molar-refractivity contribution in [2.24, 2.45) is 5.92 Å². The first-order valence-electron chi connectivity index (χ1n) is 10.4. The summed E-state index contributed by atoms with van der Waals surface area (Å²) in [5.41, 5.74) is 1.41. The highest BCUT2D eigenvalue weighted by atomic mass is 35.5. The van der Waals surface area contributed by atoms with Crippen LogP contribution in [0.4, 0.5) is 0 Å². The van der Waals surface area contributed by atoms with Crippen molar-refractivity contribution in [1.82, 2.24) is 4.98 Å². The molecule has 6 nitrogen and oxygen atoms in total. The predicted molar refractivity (Wildman–Crippen MR) is 115 cm³/mol. The third kappa shape index (κ3) is 3.64. The number of epoxide rings is 1. The minimum Gasteiger partial charge on any atom is -0.455 e. The Labute approximate surface area is 184 Å². The summed E-state index contributed by atoms with van der Waals surface area (Å²) in [6.07, 6.45) is 5.55. The van der Waals surface area contributed by atoms with Crippen molar-refractivity contribution in [3.05, 3.63) is 59.3 Å². The Morgan fingerprint density at radius 1 is 1.35 bits per heavy atom. The summed E-state index contributed by atoms with van der Waals surface area (Å²) >= 11 is 6.24. The summed E-state index contributed by atoms with van der Waals surface area (Å²) in [6, 6.07) is 6.89. The van der Waals surface area contributed by atoms with Gasteiger partial charge in [0, 0.05) is 28.6 Å². The Kier molecular flexibility index (Phi) is 4.87. The van der Waals surface area contributed by atoms with E-state index in [0.29, 0.717) is 41.2 Å². The van der Waals surface area contributed by atoms with Gasteiger partial charge >= 0.3 is 11.9 Å². The zero-order valence-corrected chi connectivity index (χ0v) is 17.9. The minimum absolute atomic E-state index is 0.112. The van der Waals surface area contributed by atoms with E-state index in [2.05, 4.69) is 11.6 Å². The van der Waals surface area contributed by atoms with Crippen molar-refractivity contribution in [2.75, 3.05) is 0 Å². The number of aromatic nitrogens is 1. The largest absolute Gasteiger partial charge is 0.455 e. The van der Waals surface area contributed by atoms with Gasteiger partial charge in [-0.15, -0.1) is 0 Å².